The van der Waals surface area contributed by atoms with E-state index >= 15 is 0 Å². The molecule has 2 unspecified atom stereocenters. The average Bonchev–Trinajstić information content (AvgIpc) is 3.24. The summed E-state index contributed by atoms with van der Waals surface area (Å²) in [5.41, 5.74) is 0. The lowest BCUT2D eigenvalue weighted by Gasteiger charge is -2.24. The summed E-state index contributed by atoms with van der Waals surface area (Å²) in [6, 6.07) is 0. The first kappa shape index (κ1) is 60.2. The molecule has 63 heavy (non-hydrogen) atoms. The number of allylic oxidation sites excluding steroid dienone is 14. The molecule has 0 saturated carbocycles. The molecule has 0 aliphatic carbocycles. The van der Waals surface area contributed by atoms with Crippen LogP contribution in [-0.4, -0.2) is 74.9 Å². The second-order valence-electron chi connectivity index (χ2n) is 17.5. The Bertz CT molecular complexity index is 1340. The SMILES string of the molecule is CC/C=C\C/C=C\C/C=C\C/C=C\C/C=C\C/C=C\CCCCCCCCCCC(=O)OC(COC(=O)CCCCCCC/C=C\CCCCC)COP(=O)(O)OCC[N+](C)(C)C. The number of ether oxygens (including phenoxy) is 2. The number of likely N-dealkylation sites (N-methyl/N-ethyl adjacent to an activating group) is 1. The van der Waals surface area contributed by atoms with Crippen molar-refractivity contribution in [1.82, 2.24) is 0 Å². The molecule has 0 bridgehead atoms. The zero-order valence-electron chi connectivity index (χ0n) is 40.8. The molecule has 0 aromatic carbocycles. The first-order chi connectivity index (χ1) is 30.5. The number of carbonyl (C=O) groups excluding carboxylic acids is 2. The van der Waals surface area contributed by atoms with Gasteiger partial charge in [-0.05, 0) is 89.9 Å². The number of esters is 2. The number of unbranched alkanes of at least 4 members (excludes halogenated alkanes) is 16. The third-order valence-electron chi connectivity index (χ3n) is 10.2. The Hall–Kier alpha value is -2.81. The number of hydrogen-bond donors (Lipinski definition) is 1. The van der Waals surface area contributed by atoms with Crippen molar-refractivity contribution >= 4 is 19.8 Å². The van der Waals surface area contributed by atoms with Crippen molar-refractivity contribution in [2.45, 2.75) is 193 Å². The van der Waals surface area contributed by atoms with Crippen molar-refractivity contribution in [3.05, 3.63) is 85.1 Å². The summed E-state index contributed by atoms with van der Waals surface area (Å²) >= 11 is 0. The zero-order valence-corrected chi connectivity index (χ0v) is 41.7. The number of nitrogens with zero attached hydrogens (tertiary/aromatic N) is 1. The molecule has 1 N–H and O–H groups in total. The Morgan fingerprint density at radius 1 is 0.508 bits per heavy atom. The molecule has 0 aromatic rings. The van der Waals surface area contributed by atoms with Gasteiger partial charge < -0.3 is 18.9 Å². The minimum absolute atomic E-state index is 0.0246. The highest BCUT2D eigenvalue weighted by Crippen LogP contribution is 2.43. The quantitative estimate of drug-likeness (QED) is 0.0212. The fraction of sp³-hybridized carbons (Fsp3) is 0.698. The summed E-state index contributed by atoms with van der Waals surface area (Å²) in [6.45, 7) is 4.25. The lowest BCUT2D eigenvalue weighted by Crippen LogP contribution is -2.37. The topological polar surface area (TPSA) is 108 Å². The van der Waals surface area contributed by atoms with E-state index in [2.05, 4.69) is 98.9 Å². The van der Waals surface area contributed by atoms with Crippen LogP contribution < -0.4 is 0 Å². The number of quaternary nitrogens is 1. The smallest absolute Gasteiger partial charge is 0.462 e. The molecule has 0 fully saturated rings. The van der Waals surface area contributed by atoms with E-state index in [1.807, 2.05) is 21.1 Å². The summed E-state index contributed by atoms with van der Waals surface area (Å²) in [5, 5.41) is 0. The average molecular weight is 903 g/mol. The predicted molar refractivity (Wildman–Crippen MR) is 265 cm³/mol. The van der Waals surface area contributed by atoms with Crippen LogP contribution in [0.4, 0.5) is 0 Å². The first-order valence-electron chi connectivity index (χ1n) is 24.8. The highest BCUT2D eigenvalue weighted by Gasteiger charge is 2.27. The first-order valence-corrected chi connectivity index (χ1v) is 26.3. The van der Waals surface area contributed by atoms with Crippen molar-refractivity contribution in [1.29, 1.82) is 0 Å². The molecule has 2 atom stereocenters. The molecule has 0 rings (SSSR count). The van der Waals surface area contributed by atoms with Crippen molar-refractivity contribution < 1.29 is 42.1 Å². The van der Waals surface area contributed by atoms with Gasteiger partial charge in [0.2, 0.25) is 0 Å². The largest absolute Gasteiger partial charge is 0.472 e. The molecule has 0 heterocycles. The van der Waals surface area contributed by atoms with Crippen LogP contribution in [0.5, 0.6) is 0 Å². The summed E-state index contributed by atoms with van der Waals surface area (Å²) in [5.74, 6) is -0.824. The van der Waals surface area contributed by atoms with Crippen LogP contribution in [0.15, 0.2) is 85.1 Å². The lowest BCUT2D eigenvalue weighted by molar-refractivity contribution is -0.870. The molecule has 10 heteroatoms. The Labute approximate surface area is 386 Å². The van der Waals surface area contributed by atoms with Crippen LogP contribution in [0.1, 0.15) is 187 Å². The van der Waals surface area contributed by atoms with Gasteiger partial charge in [0.1, 0.15) is 19.8 Å². The zero-order chi connectivity index (χ0) is 46.4. The number of phosphoric acid groups is 1. The van der Waals surface area contributed by atoms with Crippen LogP contribution >= 0.6 is 7.82 Å². The van der Waals surface area contributed by atoms with Gasteiger partial charge >= 0.3 is 19.8 Å². The molecule has 0 radical (unpaired) electrons. The van der Waals surface area contributed by atoms with Gasteiger partial charge in [-0.1, -0.05) is 170 Å². The minimum atomic E-state index is -4.39. The highest BCUT2D eigenvalue weighted by molar-refractivity contribution is 7.47. The van der Waals surface area contributed by atoms with E-state index in [9.17, 15) is 19.0 Å². The number of rotatable bonds is 44. The van der Waals surface area contributed by atoms with Gasteiger partial charge in [-0.25, -0.2) is 4.57 Å². The fourth-order valence-electron chi connectivity index (χ4n) is 6.31. The Morgan fingerprint density at radius 3 is 1.37 bits per heavy atom. The van der Waals surface area contributed by atoms with Crippen molar-refractivity contribution in [2.75, 3.05) is 47.5 Å². The van der Waals surface area contributed by atoms with Gasteiger partial charge in [-0.3, -0.25) is 18.6 Å². The van der Waals surface area contributed by atoms with E-state index in [4.69, 9.17) is 18.5 Å². The molecular weight excluding hydrogens is 810 g/mol. The van der Waals surface area contributed by atoms with Crippen molar-refractivity contribution in [2.24, 2.45) is 0 Å². The molecule has 0 aliphatic rings. The van der Waals surface area contributed by atoms with E-state index in [0.717, 1.165) is 103 Å². The minimum Gasteiger partial charge on any atom is -0.462 e. The number of hydrogen-bond acceptors (Lipinski definition) is 7. The van der Waals surface area contributed by atoms with E-state index < -0.39 is 26.5 Å². The molecule has 0 saturated heterocycles. The molecule has 0 spiro atoms. The van der Waals surface area contributed by atoms with Crippen molar-refractivity contribution in [3.63, 3.8) is 0 Å². The maximum Gasteiger partial charge on any atom is 0.472 e. The normalized spacial score (nSPS) is 14.2. The van der Waals surface area contributed by atoms with Crippen molar-refractivity contribution in [3.8, 4) is 0 Å². The van der Waals surface area contributed by atoms with Crippen LogP contribution in [-0.2, 0) is 32.7 Å². The Morgan fingerprint density at radius 2 is 0.905 bits per heavy atom. The molecule has 362 valence electrons. The summed E-state index contributed by atoms with van der Waals surface area (Å²) in [7, 11) is 1.45. The predicted octanol–water partition coefficient (Wildman–Crippen LogP) is 14.7. The van der Waals surface area contributed by atoms with E-state index in [1.165, 1.54) is 51.4 Å². The molecule has 9 nitrogen and oxygen atoms in total. The summed E-state index contributed by atoms with van der Waals surface area (Å²) < 4.78 is 34.4. The van der Waals surface area contributed by atoms with E-state index in [1.54, 1.807) is 0 Å². The molecule has 0 aromatic heterocycles. The van der Waals surface area contributed by atoms with E-state index in [-0.39, 0.29) is 32.0 Å². The van der Waals surface area contributed by atoms with Gasteiger partial charge in [0.15, 0.2) is 6.10 Å². The summed E-state index contributed by atoms with van der Waals surface area (Å²) in [4.78, 5) is 35.4. The third-order valence-corrected chi connectivity index (χ3v) is 11.1. The fourth-order valence-corrected chi connectivity index (χ4v) is 7.05. The maximum absolute atomic E-state index is 12.7. The van der Waals surface area contributed by atoms with Gasteiger partial charge in [-0.15, -0.1) is 0 Å². The lowest BCUT2D eigenvalue weighted by atomic mass is 10.1. The van der Waals surface area contributed by atoms with Gasteiger partial charge in [0, 0.05) is 12.8 Å². The number of phosphoric ester groups is 1. The van der Waals surface area contributed by atoms with Crippen LogP contribution in [0.2, 0.25) is 0 Å². The van der Waals surface area contributed by atoms with Crippen LogP contribution in [0.25, 0.3) is 0 Å². The second-order valence-corrected chi connectivity index (χ2v) is 18.9. The van der Waals surface area contributed by atoms with Crippen LogP contribution in [0, 0.1) is 0 Å². The summed E-state index contributed by atoms with van der Waals surface area (Å²) in [6.07, 6.45) is 57.8. The Kier molecular flexibility index (Phi) is 42.4. The molecular formula is C53H93NO8P+. The van der Waals surface area contributed by atoms with Gasteiger partial charge in [0.25, 0.3) is 0 Å². The van der Waals surface area contributed by atoms with Crippen LogP contribution in [0.3, 0.4) is 0 Å². The standard InChI is InChI=1S/C53H92NO8P/c1-6-8-10-12-14-16-18-20-21-22-23-24-25-26-27-28-29-30-31-32-33-34-36-38-40-42-44-46-53(56)62-51(50-61-63(57,58)60-48-47-54(3,4)5)49-59-52(55)45-43-41-39-37-35-19-17-15-13-11-9-7-2/h8,10,14-17,20-21,23-24,26-27,29-30,51H,6-7,9,11-13,18-19,22,25,28,31-50H2,1-5H3/p+1/b10-8-,16-14-,17-15-,21-20-,24-23-,27-26-,30-29-. The molecule has 0 aliphatic heterocycles. The second kappa shape index (κ2) is 44.4. The maximum atomic E-state index is 12.7. The Balaban J connectivity index is 4.25. The van der Waals surface area contributed by atoms with E-state index in [0.29, 0.717) is 17.4 Å². The van der Waals surface area contributed by atoms with Gasteiger partial charge in [-0.2, -0.15) is 0 Å². The number of carbonyl (C=O) groups is 2. The monoisotopic (exact) mass is 903 g/mol. The third kappa shape index (κ3) is 48.5. The molecule has 0 amide bonds. The highest BCUT2D eigenvalue weighted by atomic mass is 31.2. The van der Waals surface area contributed by atoms with Gasteiger partial charge in [0.05, 0.1) is 27.7 Å².